The number of ether oxygens (including phenoxy) is 2. The Morgan fingerprint density at radius 2 is 2.06 bits per heavy atom. The molecule has 1 atom stereocenters. The lowest BCUT2D eigenvalue weighted by Gasteiger charge is -2.17. The van der Waals surface area contributed by atoms with Crippen LogP contribution in [0.5, 0.6) is 11.5 Å². The van der Waals surface area contributed by atoms with Crippen molar-refractivity contribution < 1.29 is 9.47 Å². The van der Waals surface area contributed by atoms with Gasteiger partial charge in [0.15, 0.2) is 0 Å². The van der Waals surface area contributed by atoms with Crippen molar-refractivity contribution in [2.24, 2.45) is 5.73 Å². The number of rotatable bonds is 6. The quantitative estimate of drug-likeness (QED) is 0.765. The van der Waals surface area contributed by atoms with Crippen molar-refractivity contribution in [3.63, 3.8) is 0 Å². The molecule has 3 N–H and O–H groups in total. The zero-order valence-electron chi connectivity index (χ0n) is 10.1. The molecule has 4 nitrogen and oxygen atoms in total. The van der Waals surface area contributed by atoms with Gasteiger partial charge in [0.1, 0.15) is 11.5 Å². The lowest BCUT2D eigenvalue weighted by Crippen LogP contribution is -2.25. The molecule has 0 aromatic heterocycles. The standard InChI is InChI=1S/C12H20N2O2/c1-9(14-7-6-13)11-8-10(15-2)4-5-12(11)16-3/h4-5,8-9,14H,6-7,13H2,1-3H3. The fourth-order valence-electron chi connectivity index (χ4n) is 1.59. The van der Waals surface area contributed by atoms with Gasteiger partial charge in [-0.1, -0.05) is 0 Å². The van der Waals surface area contributed by atoms with Crippen LogP contribution in [-0.4, -0.2) is 27.3 Å². The fourth-order valence-corrected chi connectivity index (χ4v) is 1.59. The molecule has 0 bridgehead atoms. The number of nitrogens with one attached hydrogen (secondary N) is 1. The molecular weight excluding hydrogens is 204 g/mol. The fraction of sp³-hybridized carbons (Fsp3) is 0.500. The summed E-state index contributed by atoms with van der Waals surface area (Å²) >= 11 is 0. The van der Waals surface area contributed by atoms with E-state index < -0.39 is 0 Å². The van der Waals surface area contributed by atoms with Crippen LogP contribution in [-0.2, 0) is 0 Å². The lowest BCUT2D eigenvalue weighted by atomic mass is 10.1. The van der Waals surface area contributed by atoms with E-state index in [9.17, 15) is 0 Å². The first-order chi connectivity index (χ1) is 7.72. The van der Waals surface area contributed by atoms with Crippen molar-refractivity contribution in [2.75, 3.05) is 27.3 Å². The molecule has 1 rings (SSSR count). The number of nitrogens with two attached hydrogens (primary N) is 1. The van der Waals surface area contributed by atoms with Gasteiger partial charge in [-0.25, -0.2) is 0 Å². The molecule has 0 aliphatic rings. The summed E-state index contributed by atoms with van der Waals surface area (Å²) in [4.78, 5) is 0. The monoisotopic (exact) mass is 224 g/mol. The number of hydrogen-bond donors (Lipinski definition) is 2. The van der Waals surface area contributed by atoms with Crippen LogP contribution in [0.25, 0.3) is 0 Å². The molecule has 0 aliphatic carbocycles. The second-order valence-electron chi connectivity index (χ2n) is 3.57. The summed E-state index contributed by atoms with van der Waals surface area (Å²) in [5.41, 5.74) is 6.54. The number of methoxy groups -OCH3 is 2. The summed E-state index contributed by atoms with van der Waals surface area (Å²) in [5.74, 6) is 1.69. The first-order valence-corrected chi connectivity index (χ1v) is 5.38. The highest BCUT2D eigenvalue weighted by Crippen LogP contribution is 2.28. The Balaban J connectivity index is 2.89. The summed E-state index contributed by atoms with van der Waals surface area (Å²) in [6.07, 6.45) is 0. The van der Waals surface area contributed by atoms with Gasteiger partial charge in [0, 0.05) is 24.7 Å². The Morgan fingerprint density at radius 3 is 2.62 bits per heavy atom. The van der Waals surface area contributed by atoms with E-state index in [-0.39, 0.29) is 6.04 Å². The second-order valence-corrected chi connectivity index (χ2v) is 3.57. The maximum Gasteiger partial charge on any atom is 0.123 e. The van der Waals surface area contributed by atoms with Crippen molar-refractivity contribution in [3.8, 4) is 11.5 Å². The van der Waals surface area contributed by atoms with E-state index in [1.54, 1.807) is 14.2 Å². The molecule has 0 amide bonds. The molecule has 4 heteroatoms. The summed E-state index contributed by atoms with van der Waals surface area (Å²) in [7, 11) is 3.32. The molecule has 0 radical (unpaired) electrons. The Hall–Kier alpha value is -1.26. The zero-order chi connectivity index (χ0) is 12.0. The van der Waals surface area contributed by atoms with Gasteiger partial charge in [-0.2, -0.15) is 0 Å². The van der Waals surface area contributed by atoms with Gasteiger partial charge in [0.2, 0.25) is 0 Å². The molecule has 0 heterocycles. The predicted octanol–water partition coefficient (Wildman–Crippen LogP) is 1.31. The highest BCUT2D eigenvalue weighted by Gasteiger charge is 2.11. The first-order valence-electron chi connectivity index (χ1n) is 5.38. The van der Waals surface area contributed by atoms with Gasteiger partial charge in [0.25, 0.3) is 0 Å². The van der Waals surface area contributed by atoms with Crippen LogP contribution in [0.3, 0.4) is 0 Å². The average molecular weight is 224 g/mol. The smallest absolute Gasteiger partial charge is 0.123 e. The van der Waals surface area contributed by atoms with Crippen molar-refractivity contribution in [3.05, 3.63) is 23.8 Å². The van der Waals surface area contributed by atoms with E-state index >= 15 is 0 Å². The molecule has 1 unspecified atom stereocenters. The number of benzene rings is 1. The van der Waals surface area contributed by atoms with Gasteiger partial charge in [-0.15, -0.1) is 0 Å². The van der Waals surface area contributed by atoms with Crippen LogP contribution < -0.4 is 20.5 Å². The maximum atomic E-state index is 5.46. The van der Waals surface area contributed by atoms with Crippen LogP contribution >= 0.6 is 0 Å². The Kier molecular flexibility index (Phi) is 5.08. The first kappa shape index (κ1) is 12.8. The van der Waals surface area contributed by atoms with Crippen LogP contribution in [0.1, 0.15) is 18.5 Å². The summed E-state index contributed by atoms with van der Waals surface area (Å²) < 4.78 is 10.5. The minimum atomic E-state index is 0.189. The summed E-state index contributed by atoms with van der Waals surface area (Å²) in [6, 6.07) is 5.97. The summed E-state index contributed by atoms with van der Waals surface area (Å²) in [5, 5.41) is 3.31. The van der Waals surface area contributed by atoms with Gasteiger partial charge >= 0.3 is 0 Å². The largest absolute Gasteiger partial charge is 0.497 e. The summed E-state index contributed by atoms with van der Waals surface area (Å²) in [6.45, 7) is 3.48. The van der Waals surface area contributed by atoms with Gasteiger partial charge < -0.3 is 20.5 Å². The minimum absolute atomic E-state index is 0.189. The molecule has 90 valence electrons. The normalized spacial score (nSPS) is 12.2. The van der Waals surface area contributed by atoms with Gasteiger partial charge in [-0.05, 0) is 25.1 Å². The topological polar surface area (TPSA) is 56.5 Å². The van der Waals surface area contributed by atoms with Crippen LogP contribution in [0.4, 0.5) is 0 Å². The van der Waals surface area contributed by atoms with E-state index in [0.717, 1.165) is 23.6 Å². The predicted molar refractivity (Wildman–Crippen MR) is 65.0 cm³/mol. The molecule has 0 saturated carbocycles. The second kappa shape index (κ2) is 6.35. The van der Waals surface area contributed by atoms with Crippen molar-refractivity contribution in [1.29, 1.82) is 0 Å². The average Bonchev–Trinajstić information content (AvgIpc) is 2.35. The van der Waals surface area contributed by atoms with E-state index in [2.05, 4.69) is 12.2 Å². The highest BCUT2D eigenvalue weighted by molar-refractivity contribution is 5.42. The maximum absolute atomic E-state index is 5.46. The minimum Gasteiger partial charge on any atom is -0.497 e. The SMILES string of the molecule is COc1ccc(OC)c(C(C)NCCN)c1. The number of hydrogen-bond acceptors (Lipinski definition) is 4. The molecule has 16 heavy (non-hydrogen) atoms. The molecule has 1 aromatic carbocycles. The molecule has 0 saturated heterocycles. The van der Waals surface area contributed by atoms with Crippen LogP contribution in [0.15, 0.2) is 18.2 Å². The van der Waals surface area contributed by atoms with E-state index in [0.29, 0.717) is 6.54 Å². The third kappa shape index (κ3) is 3.12. The van der Waals surface area contributed by atoms with E-state index in [4.69, 9.17) is 15.2 Å². The van der Waals surface area contributed by atoms with E-state index in [1.165, 1.54) is 0 Å². The molecule has 0 spiro atoms. The van der Waals surface area contributed by atoms with Crippen molar-refractivity contribution >= 4 is 0 Å². The third-order valence-electron chi connectivity index (χ3n) is 2.50. The Bertz CT molecular complexity index is 329. The van der Waals surface area contributed by atoms with Crippen LogP contribution in [0, 0.1) is 0 Å². The molecular formula is C12H20N2O2. The zero-order valence-corrected chi connectivity index (χ0v) is 10.1. The Morgan fingerprint density at radius 1 is 1.31 bits per heavy atom. The van der Waals surface area contributed by atoms with Crippen LogP contribution in [0.2, 0.25) is 0 Å². The van der Waals surface area contributed by atoms with E-state index in [1.807, 2.05) is 18.2 Å². The lowest BCUT2D eigenvalue weighted by molar-refractivity contribution is 0.392. The third-order valence-corrected chi connectivity index (χ3v) is 2.50. The molecule has 0 fully saturated rings. The molecule has 0 aliphatic heterocycles. The van der Waals surface area contributed by atoms with Gasteiger partial charge in [0.05, 0.1) is 14.2 Å². The molecule has 1 aromatic rings. The Labute approximate surface area is 96.7 Å². The van der Waals surface area contributed by atoms with Gasteiger partial charge in [-0.3, -0.25) is 0 Å². The highest BCUT2D eigenvalue weighted by atomic mass is 16.5. The van der Waals surface area contributed by atoms with Crippen molar-refractivity contribution in [2.45, 2.75) is 13.0 Å². The van der Waals surface area contributed by atoms with Crippen molar-refractivity contribution in [1.82, 2.24) is 5.32 Å².